The second-order valence-electron chi connectivity index (χ2n) is 4.32. The normalized spacial score (nSPS) is 17.3. The van der Waals surface area contributed by atoms with Crippen molar-refractivity contribution in [1.29, 1.82) is 0 Å². The number of imide groups is 2. The average Bonchev–Trinajstić information content (AvgIpc) is 2.45. The quantitative estimate of drug-likeness (QED) is 0.662. The fourth-order valence-electron chi connectivity index (χ4n) is 1.81. The molecule has 6 nitrogen and oxygen atoms in total. The van der Waals surface area contributed by atoms with Crippen molar-refractivity contribution < 1.29 is 23.5 Å². The fourth-order valence-corrected chi connectivity index (χ4v) is 1.81. The Labute approximate surface area is 120 Å². The second kappa shape index (κ2) is 6.27. The Morgan fingerprint density at radius 1 is 1.24 bits per heavy atom. The fraction of sp³-hybridized carbons (Fsp3) is 0.214. The number of ether oxygens (including phenoxy) is 1. The van der Waals surface area contributed by atoms with Crippen molar-refractivity contribution in [2.45, 2.75) is 0 Å². The zero-order valence-corrected chi connectivity index (χ0v) is 11.3. The summed E-state index contributed by atoms with van der Waals surface area (Å²) in [5.74, 6) is -1.90. The molecule has 1 N–H and O–H groups in total. The lowest BCUT2D eigenvalue weighted by Gasteiger charge is -2.26. The molecule has 0 unspecified atom stereocenters. The summed E-state index contributed by atoms with van der Waals surface area (Å²) >= 11 is 0. The summed E-state index contributed by atoms with van der Waals surface area (Å²) in [6, 6.07) is 4.51. The number of nitrogens with zero attached hydrogens (tertiary/aromatic N) is 1. The molecule has 1 fully saturated rings. The highest BCUT2D eigenvalue weighted by atomic mass is 19.1. The van der Waals surface area contributed by atoms with Crippen LogP contribution in [0.25, 0.3) is 6.08 Å². The van der Waals surface area contributed by atoms with Crippen LogP contribution in [0.15, 0.2) is 29.8 Å². The molecule has 1 aliphatic rings. The third-order valence-corrected chi connectivity index (χ3v) is 2.89. The maximum Gasteiger partial charge on any atom is 0.331 e. The van der Waals surface area contributed by atoms with Gasteiger partial charge in [0.25, 0.3) is 11.8 Å². The van der Waals surface area contributed by atoms with Crippen LogP contribution in [0, 0.1) is 5.82 Å². The molecule has 4 amide bonds. The Morgan fingerprint density at radius 3 is 2.52 bits per heavy atom. The third kappa shape index (κ3) is 3.32. The number of hydrogen-bond acceptors (Lipinski definition) is 4. The van der Waals surface area contributed by atoms with E-state index in [0.29, 0.717) is 5.56 Å². The Morgan fingerprint density at radius 2 is 1.90 bits per heavy atom. The molecule has 1 heterocycles. The Balaban J connectivity index is 2.28. The summed E-state index contributed by atoms with van der Waals surface area (Å²) in [4.78, 5) is 36.4. The molecule has 0 spiro atoms. The zero-order chi connectivity index (χ0) is 15.4. The minimum absolute atomic E-state index is 0.0369. The summed E-state index contributed by atoms with van der Waals surface area (Å²) in [5.41, 5.74) is 0.299. The molecule has 0 radical (unpaired) electrons. The van der Waals surface area contributed by atoms with Crippen molar-refractivity contribution in [3.05, 3.63) is 41.2 Å². The highest BCUT2D eigenvalue weighted by Crippen LogP contribution is 2.14. The standard InChI is InChI=1S/C14H13FN2O4/c1-21-7-6-17-13(19)11(12(18)16-14(17)20)8-9-2-4-10(15)5-3-9/h2-5,8H,6-7H2,1H3,(H,16,18,20)/b11-8+. The van der Waals surface area contributed by atoms with E-state index in [0.717, 1.165) is 4.90 Å². The number of carbonyl (C=O) groups is 3. The highest BCUT2D eigenvalue weighted by Gasteiger charge is 2.35. The molecule has 110 valence electrons. The first kappa shape index (κ1) is 14.9. The van der Waals surface area contributed by atoms with Gasteiger partial charge in [-0.2, -0.15) is 0 Å². The van der Waals surface area contributed by atoms with Gasteiger partial charge < -0.3 is 4.74 Å². The molecule has 0 aliphatic carbocycles. The highest BCUT2D eigenvalue weighted by molar-refractivity contribution is 6.30. The molecule has 1 aromatic carbocycles. The SMILES string of the molecule is COCCN1C(=O)NC(=O)/C(=C\c2ccc(F)cc2)C1=O. The first-order valence-corrected chi connectivity index (χ1v) is 6.16. The van der Waals surface area contributed by atoms with E-state index in [9.17, 15) is 18.8 Å². The van der Waals surface area contributed by atoms with Gasteiger partial charge in [-0.15, -0.1) is 0 Å². The molecule has 1 aliphatic heterocycles. The van der Waals surface area contributed by atoms with Crippen molar-refractivity contribution in [2.24, 2.45) is 0 Å². The van der Waals surface area contributed by atoms with Crippen molar-refractivity contribution >= 4 is 23.9 Å². The van der Waals surface area contributed by atoms with Crippen LogP contribution in [0.5, 0.6) is 0 Å². The van der Waals surface area contributed by atoms with Gasteiger partial charge in [-0.3, -0.25) is 19.8 Å². The predicted octanol–water partition coefficient (Wildman–Crippen LogP) is 0.934. The van der Waals surface area contributed by atoms with Crippen LogP contribution in [0.1, 0.15) is 5.56 Å². The number of barbiturate groups is 1. The lowest BCUT2D eigenvalue weighted by atomic mass is 10.1. The van der Waals surface area contributed by atoms with Gasteiger partial charge in [0.2, 0.25) is 0 Å². The van der Waals surface area contributed by atoms with E-state index in [-0.39, 0.29) is 18.7 Å². The van der Waals surface area contributed by atoms with E-state index < -0.39 is 23.7 Å². The van der Waals surface area contributed by atoms with Crippen LogP contribution >= 0.6 is 0 Å². The molecule has 0 aromatic heterocycles. The van der Waals surface area contributed by atoms with Gasteiger partial charge in [0.15, 0.2) is 0 Å². The smallest absolute Gasteiger partial charge is 0.331 e. The lowest BCUT2D eigenvalue weighted by molar-refractivity contribution is -0.130. The molecule has 0 bridgehead atoms. The summed E-state index contributed by atoms with van der Waals surface area (Å²) in [6.07, 6.45) is 1.31. The minimum atomic E-state index is -0.779. The lowest BCUT2D eigenvalue weighted by Crippen LogP contribution is -2.54. The number of amides is 4. The van der Waals surface area contributed by atoms with Crippen molar-refractivity contribution in [2.75, 3.05) is 20.3 Å². The molecular weight excluding hydrogens is 279 g/mol. The number of urea groups is 1. The number of nitrogens with one attached hydrogen (secondary N) is 1. The molecule has 0 atom stereocenters. The molecule has 0 saturated carbocycles. The van der Waals surface area contributed by atoms with E-state index >= 15 is 0 Å². The number of rotatable bonds is 4. The topological polar surface area (TPSA) is 75.7 Å². The Hall–Kier alpha value is -2.54. The maximum absolute atomic E-state index is 12.8. The summed E-state index contributed by atoms with van der Waals surface area (Å²) in [6.45, 7) is 0.201. The Kier molecular flexibility index (Phi) is 4.44. The first-order valence-electron chi connectivity index (χ1n) is 6.16. The van der Waals surface area contributed by atoms with Crippen LogP contribution in [-0.2, 0) is 14.3 Å². The average molecular weight is 292 g/mol. The van der Waals surface area contributed by atoms with Crippen LogP contribution < -0.4 is 5.32 Å². The molecule has 1 saturated heterocycles. The molecule has 7 heteroatoms. The van der Waals surface area contributed by atoms with Gasteiger partial charge in [-0.25, -0.2) is 9.18 Å². The number of halogens is 1. The van der Waals surface area contributed by atoms with Crippen LogP contribution in [-0.4, -0.2) is 43.0 Å². The van der Waals surface area contributed by atoms with Gasteiger partial charge in [0.05, 0.1) is 13.2 Å². The monoisotopic (exact) mass is 292 g/mol. The van der Waals surface area contributed by atoms with Crippen LogP contribution in [0.3, 0.4) is 0 Å². The zero-order valence-electron chi connectivity index (χ0n) is 11.3. The van der Waals surface area contributed by atoms with E-state index in [1.165, 1.54) is 37.5 Å². The number of carbonyl (C=O) groups excluding carboxylic acids is 3. The van der Waals surface area contributed by atoms with Gasteiger partial charge in [0, 0.05) is 7.11 Å². The predicted molar refractivity (Wildman–Crippen MR) is 71.5 cm³/mol. The summed E-state index contributed by atoms with van der Waals surface area (Å²) in [5, 5.41) is 2.08. The number of hydrogen-bond donors (Lipinski definition) is 1. The van der Waals surface area contributed by atoms with Gasteiger partial charge in [0.1, 0.15) is 11.4 Å². The van der Waals surface area contributed by atoms with Gasteiger partial charge >= 0.3 is 6.03 Å². The first-order chi connectivity index (χ1) is 10.0. The molecule has 2 rings (SSSR count). The van der Waals surface area contributed by atoms with E-state index in [2.05, 4.69) is 5.32 Å². The van der Waals surface area contributed by atoms with E-state index in [1.54, 1.807) is 0 Å². The van der Waals surface area contributed by atoms with E-state index in [1.807, 2.05) is 0 Å². The second-order valence-corrected chi connectivity index (χ2v) is 4.32. The maximum atomic E-state index is 12.8. The van der Waals surface area contributed by atoms with E-state index in [4.69, 9.17) is 4.74 Å². The molecule has 21 heavy (non-hydrogen) atoms. The van der Waals surface area contributed by atoms with Crippen molar-refractivity contribution in [1.82, 2.24) is 10.2 Å². The number of methoxy groups -OCH3 is 1. The molecule has 1 aromatic rings. The third-order valence-electron chi connectivity index (χ3n) is 2.89. The van der Waals surface area contributed by atoms with Crippen molar-refractivity contribution in [3.8, 4) is 0 Å². The van der Waals surface area contributed by atoms with Gasteiger partial charge in [-0.1, -0.05) is 12.1 Å². The van der Waals surface area contributed by atoms with Gasteiger partial charge in [-0.05, 0) is 23.8 Å². The summed E-state index contributed by atoms with van der Waals surface area (Å²) in [7, 11) is 1.44. The Bertz CT molecular complexity index is 610. The van der Waals surface area contributed by atoms with Crippen LogP contribution in [0.4, 0.5) is 9.18 Å². The molecular formula is C14H13FN2O4. The van der Waals surface area contributed by atoms with Crippen LogP contribution in [0.2, 0.25) is 0 Å². The number of benzene rings is 1. The summed E-state index contributed by atoms with van der Waals surface area (Å²) < 4.78 is 17.7. The van der Waals surface area contributed by atoms with Crippen molar-refractivity contribution in [3.63, 3.8) is 0 Å². The minimum Gasteiger partial charge on any atom is -0.383 e. The largest absolute Gasteiger partial charge is 0.383 e.